The Balaban J connectivity index is 1.63. The SMILES string of the molecule is Clc1ccccc1OCc1nnc(C2CCCN2)o1. The topological polar surface area (TPSA) is 60.2 Å². The molecule has 1 aromatic carbocycles. The van der Waals surface area contributed by atoms with Gasteiger partial charge in [0.15, 0.2) is 6.61 Å². The summed E-state index contributed by atoms with van der Waals surface area (Å²) in [7, 11) is 0. The molecule has 100 valence electrons. The van der Waals surface area contributed by atoms with Crippen molar-refractivity contribution in [3.05, 3.63) is 41.1 Å². The van der Waals surface area contributed by atoms with E-state index in [9.17, 15) is 0 Å². The fourth-order valence-corrected chi connectivity index (χ4v) is 2.25. The molecule has 0 bridgehead atoms. The maximum Gasteiger partial charge on any atom is 0.253 e. The van der Waals surface area contributed by atoms with E-state index < -0.39 is 0 Å². The molecule has 1 N–H and O–H groups in total. The van der Waals surface area contributed by atoms with Crippen LogP contribution in [0.2, 0.25) is 5.02 Å². The minimum absolute atomic E-state index is 0.182. The first-order valence-corrected chi connectivity index (χ1v) is 6.64. The van der Waals surface area contributed by atoms with Gasteiger partial charge in [-0.25, -0.2) is 0 Å². The number of hydrogen-bond acceptors (Lipinski definition) is 5. The van der Waals surface area contributed by atoms with Crippen LogP contribution in [0.15, 0.2) is 28.7 Å². The summed E-state index contributed by atoms with van der Waals surface area (Å²) in [6.07, 6.45) is 2.17. The summed E-state index contributed by atoms with van der Waals surface area (Å²) < 4.78 is 11.1. The summed E-state index contributed by atoms with van der Waals surface area (Å²) in [5.74, 6) is 1.71. The number of nitrogens with zero attached hydrogens (tertiary/aromatic N) is 2. The predicted octanol–water partition coefficient (Wildman–Crippen LogP) is 2.73. The molecule has 0 amide bonds. The van der Waals surface area contributed by atoms with Gasteiger partial charge in [0.25, 0.3) is 5.89 Å². The summed E-state index contributed by atoms with van der Waals surface area (Å²) in [5, 5.41) is 11.9. The summed E-state index contributed by atoms with van der Waals surface area (Å²) in [6, 6.07) is 7.48. The minimum Gasteiger partial charge on any atom is -0.482 e. The highest BCUT2D eigenvalue weighted by molar-refractivity contribution is 6.32. The van der Waals surface area contributed by atoms with Gasteiger partial charge in [0.1, 0.15) is 5.75 Å². The van der Waals surface area contributed by atoms with E-state index in [-0.39, 0.29) is 12.6 Å². The molecule has 1 aliphatic rings. The summed E-state index contributed by atoms with van der Waals surface area (Å²) in [6.45, 7) is 1.22. The Morgan fingerprint density at radius 2 is 2.26 bits per heavy atom. The van der Waals surface area contributed by atoms with Gasteiger partial charge in [-0.05, 0) is 31.5 Å². The van der Waals surface area contributed by atoms with Crippen molar-refractivity contribution >= 4 is 11.6 Å². The highest BCUT2D eigenvalue weighted by Crippen LogP contribution is 2.25. The van der Waals surface area contributed by atoms with E-state index in [1.165, 1.54) is 0 Å². The average molecular weight is 280 g/mol. The van der Waals surface area contributed by atoms with Gasteiger partial charge in [-0.15, -0.1) is 10.2 Å². The van der Waals surface area contributed by atoms with E-state index >= 15 is 0 Å². The second-order valence-corrected chi connectivity index (χ2v) is 4.81. The third-order valence-corrected chi connectivity index (χ3v) is 3.34. The zero-order chi connectivity index (χ0) is 13.1. The Morgan fingerprint density at radius 1 is 1.37 bits per heavy atom. The minimum atomic E-state index is 0.182. The van der Waals surface area contributed by atoms with Gasteiger partial charge in [0.2, 0.25) is 5.89 Å². The molecule has 5 nitrogen and oxygen atoms in total. The van der Waals surface area contributed by atoms with Crippen LogP contribution >= 0.6 is 11.6 Å². The maximum atomic E-state index is 6.00. The monoisotopic (exact) mass is 279 g/mol. The fourth-order valence-electron chi connectivity index (χ4n) is 2.06. The third-order valence-electron chi connectivity index (χ3n) is 3.03. The van der Waals surface area contributed by atoms with Crippen molar-refractivity contribution in [2.45, 2.75) is 25.5 Å². The van der Waals surface area contributed by atoms with E-state index in [1.54, 1.807) is 12.1 Å². The van der Waals surface area contributed by atoms with Gasteiger partial charge in [-0.3, -0.25) is 0 Å². The maximum absolute atomic E-state index is 6.00. The van der Waals surface area contributed by atoms with Crippen molar-refractivity contribution in [3.63, 3.8) is 0 Å². The quantitative estimate of drug-likeness (QED) is 0.932. The van der Waals surface area contributed by atoms with Crippen LogP contribution < -0.4 is 10.1 Å². The Labute approximate surface area is 115 Å². The van der Waals surface area contributed by atoms with E-state index in [0.29, 0.717) is 22.6 Å². The summed E-state index contributed by atoms with van der Waals surface area (Å²) in [4.78, 5) is 0. The number of halogens is 1. The number of rotatable bonds is 4. The van der Waals surface area contributed by atoms with E-state index in [2.05, 4.69) is 15.5 Å². The Morgan fingerprint density at radius 3 is 3.05 bits per heavy atom. The lowest BCUT2D eigenvalue weighted by molar-refractivity contribution is 0.255. The van der Waals surface area contributed by atoms with Gasteiger partial charge in [-0.2, -0.15) is 0 Å². The second-order valence-electron chi connectivity index (χ2n) is 4.40. The predicted molar refractivity (Wildman–Crippen MR) is 70.1 cm³/mol. The fraction of sp³-hybridized carbons (Fsp3) is 0.385. The van der Waals surface area contributed by atoms with Crippen LogP contribution in [0.1, 0.15) is 30.7 Å². The lowest BCUT2D eigenvalue weighted by atomic mass is 10.2. The van der Waals surface area contributed by atoms with Gasteiger partial charge in [-0.1, -0.05) is 23.7 Å². The van der Waals surface area contributed by atoms with Crippen LogP contribution in [-0.4, -0.2) is 16.7 Å². The lowest BCUT2D eigenvalue weighted by Crippen LogP contribution is -2.12. The molecule has 1 saturated heterocycles. The number of hydrogen-bond donors (Lipinski definition) is 1. The van der Waals surface area contributed by atoms with Crippen LogP contribution in [0.4, 0.5) is 0 Å². The van der Waals surface area contributed by atoms with Gasteiger partial charge < -0.3 is 14.5 Å². The molecule has 0 radical (unpaired) electrons. The number of benzene rings is 1. The molecule has 0 saturated carbocycles. The third kappa shape index (κ3) is 2.88. The standard InChI is InChI=1S/C13H14ClN3O2/c14-9-4-1-2-6-11(9)18-8-12-16-17-13(19-12)10-5-3-7-15-10/h1-2,4,6,10,15H,3,5,7-8H2. The zero-order valence-corrected chi connectivity index (χ0v) is 11.1. The lowest BCUT2D eigenvalue weighted by Gasteiger charge is -2.05. The van der Waals surface area contributed by atoms with Crippen molar-refractivity contribution in [2.75, 3.05) is 6.54 Å². The van der Waals surface area contributed by atoms with Crippen LogP contribution in [-0.2, 0) is 6.61 Å². The molecule has 1 atom stereocenters. The smallest absolute Gasteiger partial charge is 0.253 e. The first-order chi connectivity index (χ1) is 9.33. The molecule has 19 heavy (non-hydrogen) atoms. The molecule has 1 unspecified atom stereocenters. The van der Waals surface area contributed by atoms with Crippen molar-refractivity contribution in [1.82, 2.24) is 15.5 Å². The van der Waals surface area contributed by atoms with E-state index in [0.717, 1.165) is 19.4 Å². The van der Waals surface area contributed by atoms with Crippen molar-refractivity contribution < 1.29 is 9.15 Å². The number of aromatic nitrogens is 2. The van der Waals surface area contributed by atoms with Gasteiger partial charge in [0.05, 0.1) is 11.1 Å². The van der Waals surface area contributed by atoms with Crippen LogP contribution in [0.25, 0.3) is 0 Å². The zero-order valence-electron chi connectivity index (χ0n) is 10.3. The van der Waals surface area contributed by atoms with Crippen LogP contribution in [0.5, 0.6) is 5.75 Å². The van der Waals surface area contributed by atoms with Crippen molar-refractivity contribution in [1.29, 1.82) is 0 Å². The molecule has 3 rings (SSSR count). The average Bonchev–Trinajstić information content (AvgIpc) is 3.09. The highest BCUT2D eigenvalue weighted by Gasteiger charge is 2.22. The number of nitrogens with one attached hydrogen (secondary N) is 1. The van der Waals surface area contributed by atoms with E-state index in [4.69, 9.17) is 20.8 Å². The van der Waals surface area contributed by atoms with Crippen molar-refractivity contribution in [2.24, 2.45) is 0 Å². The Bertz CT molecular complexity index is 552. The second kappa shape index (κ2) is 5.59. The Hall–Kier alpha value is -1.59. The number of ether oxygens (including phenoxy) is 1. The highest BCUT2D eigenvalue weighted by atomic mass is 35.5. The first kappa shape index (κ1) is 12.4. The van der Waals surface area contributed by atoms with Gasteiger partial charge >= 0.3 is 0 Å². The van der Waals surface area contributed by atoms with Crippen LogP contribution in [0, 0.1) is 0 Å². The summed E-state index contributed by atoms with van der Waals surface area (Å²) in [5.41, 5.74) is 0. The normalized spacial score (nSPS) is 18.7. The summed E-state index contributed by atoms with van der Waals surface area (Å²) >= 11 is 6.00. The molecular formula is C13H14ClN3O2. The molecule has 0 aliphatic carbocycles. The van der Waals surface area contributed by atoms with Gasteiger partial charge in [0, 0.05) is 0 Å². The first-order valence-electron chi connectivity index (χ1n) is 6.26. The van der Waals surface area contributed by atoms with Crippen LogP contribution in [0.3, 0.4) is 0 Å². The molecule has 0 spiro atoms. The van der Waals surface area contributed by atoms with Crippen molar-refractivity contribution in [3.8, 4) is 5.75 Å². The molecular weight excluding hydrogens is 266 g/mol. The largest absolute Gasteiger partial charge is 0.482 e. The molecule has 2 heterocycles. The molecule has 6 heteroatoms. The Kier molecular flexibility index (Phi) is 3.66. The molecule has 1 fully saturated rings. The molecule has 1 aliphatic heterocycles. The van der Waals surface area contributed by atoms with E-state index in [1.807, 2.05) is 12.1 Å². The number of para-hydroxylation sites is 1. The molecule has 1 aromatic heterocycles. The molecule has 2 aromatic rings.